The number of aromatic nitrogens is 2. The summed E-state index contributed by atoms with van der Waals surface area (Å²) >= 11 is 0. The summed E-state index contributed by atoms with van der Waals surface area (Å²) < 4.78 is 5.23. The quantitative estimate of drug-likeness (QED) is 0.707. The third kappa shape index (κ3) is 4.59. The molecule has 1 aromatic heterocycles. The molecule has 4 nitrogen and oxygen atoms in total. The highest BCUT2D eigenvalue weighted by Gasteiger charge is 2.08. The van der Waals surface area contributed by atoms with E-state index >= 15 is 0 Å². The SMILES string of the molecule is CCCCCCC(C)Nc1ccc(-c2nnco2)cc1C. The van der Waals surface area contributed by atoms with Crippen LogP contribution in [0.4, 0.5) is 5.69 Å². The Morgan fingerprint density at radius 3 is 2.76 bits per heavy atom. The number of unbranched alkanes of at least 4 members (excludes halogenated alkanes) is 3. The van der Waals surface area contributed by atoms with Gasteiger partial charge < -0.3 is 9.73 Å². The Morgan fingerprint density at radius 2 is 2.10 bits per heavy atom. The maximum Gasteiger partial charge on any atom is 0.247 e. The van der Waals surface area contributed by atoms with Crippen LogP contribution >= 0.6 is 0 Å². The number of benzene rings is 1. The lowest BCUT2D eigenvalue weighted by molar-refractivity contribution is 0.568. The second kappa shape index (κ2) is 7.81. The van der Waals surface area contributed by atoms with Crippen molar-refractivity contribution in [2.45, 2.75) is 58.9 Å². The van der Waals surface area contributed by atoms with Gasteiger partial charge >= 0.3 is 0 Å². The van der Waals surface area contributed by atoms with E-state index in [1.807, 2.05) is 6.07 Å². The number of aryl methyl sites for hydroxylation is 1. The van der Waals surface area contributed by atoms with Crippen LogP contribution in [0.3, 0.4) is 0 Å². The Labute approximate surface area is 127 Å². The topological polar surface area (TPSA) is 51.0 Å². The molecule has 0 amide bonds. The van der Waals surface area contributed by atoms with Crippen molar-refractivity contribution in [2.24, 2.45) is 0 Å². The van der Waals surface area contributed by atoms with Gasteiger partial charge in [-0.2, -0.15) is 0 Å². The fourth-order valence-corrected chi connectivity index (χ4v) is 2.47. The Kier molecular flexibility index (Phi) is 5.78. The van der Waals surface area contributed by atoms with Crippen LogP contribution in [0.5, 0.6) is 0 Å². The average Bonchev–Trinajstić information content (AvgIpc) is 3.00. The molecule has 0 bridgehead atoms. The smallest absolute Gasteiger partial charge is 0.247 e. The van der Waals surface area contributed by atoms with Crippen LogP contribution in [0.25, 0.3) is 11.5 Å². The van der Waals surface area contributed by atoms with Crippen LogP contribution in [-0.4, -0.2) is 16.2 Å². The second-order valence-electron chi connectivity index (χ2n) is 5.67. The lowest BCUT2D eigenvalue weighted by Crippen LogP contribution is -2.15. The molecule has 1 N–H and O–H groups in total. The second-order valence-corrected chi connectivity index (χ2v) is 5.67. The standard InChI is InChI=1S/C17H25N3O/c1-4-5-6-7-8-14(3)19-16-10-9-15(11-13(16)2)17-20-18-12-21-17/h9-12,14,19H,4-8H2,1-3H3. The average molecular weight is 287 g/mol. The third-order valence-corrected chi connectivity index (χ3v) is 3.73. The number of anilines is 1. The molecule has 114 valence electrons. The largest absolute Gasteiger partial charge is 0.423 e. The molecule has 1 unspecified atom stereocenters. The predicted molar refractivity (Wildman–Crippen MR) is 86.3 cm³/mol. The monoisotopic (exact) mass is 287 g/mol. The number of hydrogen-bond acceptors (Lipinski definition) is 4. The van der Waals surface area contributed by atoms with Gasteiger partial charge in [-0.25, -0.2) is 0 Å². The summed E-state index contributed by atoms with van der Waals surface area (Å²) in [6, 6.07) is 6.69. The van der Waals surface area contributed by atoms with E-state index in [0.29, 0.717) is 11.9 Å². The highest BCUT2D eigenvalue weighted by molar-refractivity contribution is 5.62. The first-order valence-corrected chi connectivity index (χ1v) is 7.84. The van der Waals surface area contributed by atoms with E-state index in [1.54, 1.807) is 0 Å². The lowest BCUT2D eigenvalue weighted by atomic mass is 10.1. The number of rotatable bonds is 8. The van der Waals surface area contributed by atoms with E-state index in [-0.39, 0.29) is 0 Å². The number of nitrogens with zero attached hydrogens (tertiary/aromatic N) is 2. The van der Waals surface area contributed by atoms with Crippen molar-refractivity contribution >= 4 is 5.69 Å². The fraction of sp³-hybridized carbons (Fsp3) is 0.529. The zero-order valence-corrected chi connectivity index (χ0v) is 13.2. The summed E-state index contributed by atoms with van der Waals surface area (Å²) in [5, 5.41) is 11.2. The van der Waals surface area contributed by atoms with Gasteiger partial charge in [-0.15, -0.1) is 10.2 Å². The maximum atomic E-state index is 5.23. The molecule has 0 aliphatic carbocycles. The molecule has 0 radical (unpaired) electrons. The molecule has 2 aromatic rings. The van der Waals surface area contributed by atoms with Crippen LogP contribution in [0.2, 0.25) is 0 Å². The van der Waals surface area contributed by atoms with E-state index in [9.17, 15) is 0 Å². The Bertz CT molecular complexity index is 537. The van der Waals surface area contributed by atoms with Crippen LogP contribution in [0, 0.1) is 6.92 Å². The van der Waals surface area contributed by atoms with Crippen LogP contribution in [0.1, 0.15) is 51.5 Å². The zero-order chi connectivity index (χ0) is 15.1. The van der Waals surface area contributed by atoms with Crippen LogP contribution in [0.15, 0.2) is 29.0 Å². The number of hydrogen-bond donors (Lipinski definition) is 1. The molecule has 0 aliphatic heterocycles. The first-order valence-electron chi connectivity index (χ1n) is 7.84. The van der Waals surface area contributed by atoms with Gasteiger partial charge in [0.1, 0.15) is 0 Å². The first kappa shape index (κ1) is 15.5. The summed E-state index contributed by atoms with van der Waals surface area (Å²) in [5.41, 5.74) is 3.35. The predicted octanol–water partition coefficient (Wildman–Crippen LogP) is 4.82. The van der Waals surface area contributed by atoms with Crippen molar-refractivity contribution < 1.29 is 4.42 Å². The van der Waals surface area contributed by atoms with Crippen molar-refractivity contribution in [3.05, 3.63) is 30.2 Å². The third-order valence-electron chi connectivity index (χ3n) is 3.73. The summed E-state index contributed by atoms with van der Waals surface area (Å²) in [6.45, 7) is 6.60. The Balaban J connectivity index is 1.92. The molecule has 1 heterocycles. The molecule has 0 saturated carbocycles. The molecule has 0 spiro atoms. The maximum absolute atomic E-state index is 5.23. The molecular formula is C17H25N3O. The van der Waals surface area contributed by atoms with Gasteiger partial charge in [-0.05, 0) is 44.0 Å². The van der Waals surface area contributed by atoms with Crippen molar-refractivity contribution in [3.63, 3.8) is 0 Å². The molecule has 0 aliphatic rings. The molecule has 2 rings (SSSR count). The van der Waals surface area contributed by atoms with E-state index in [1.165, 1.54) is 49.7 Å². The van der Waals surface area contributed by atoms with Crippen molar-refractivity contribution in [1.82, 2.24) is 10.2 Å². The van der Waals surface area contributed by atoms with Gasteiger partial charge in [0.2, 0.25) is 12.3 Å². The van der Waals surface area contributed by atoms with Gasteiger partial charge in [0, 0.05) is 17.3 Å². The van der Waals surface area contributed by atoms with Crippen molar-refractivity contribution in [1.29, 1.82) is 0 Å². The fourth-order valence-electron chi connectivity index (χ4n) is 2.47. The Hall–Kier alpha value is -1.84. The highest BCUT2D eigenvalue weighted by Crippen LogP contribution is 2.24. The minimum Gasteiger partial charge on any atom is -0.423 e. The summed E-state index contributed by atoms with van der Waals surface area (Å²) in [5.74, 6) is 0.567. The van der Waals surface area contributed by atoms with Gasteiger partial charge in [-0.1, -0.05) is 32.6 Å². The molecule has 1 atom stereocenters. The molecule has 0 saturated heterocycles. The Morgan fingerprint density at radius 1 is 1.24 bits per heavy atom. The normalized spacial score (nSPS) is 12.3. The van der Waals surface area contributed by atoms with Crippen LogP contribution in [-0.2, 0) is 0 Å². The minimum absolute atomic E-state index is 0.495. The first-order chi connectivity index (χ1) is 10.2. The van der Waals surface area contributed by atoms with Gasteiger partial charge in [0.05, 0.1) is 0 Å². The van der Waals surface area contributed by atoms with Crippen molar-refractivity contribution in [3.8, 4) is 11.5 Å². The summed E-state index contributed by atoms with van der Waals surface area (Å²) in [4.78, 5) is 0. The summed E-state index contributed by atoms with van der Waals surface area (Å²) in [7, 11) is 0. The van der Waals surface area contributed by atoms with Crippen molar-refractivity contribution in [2.75, 3.05) is 5.32 Å². The van der Waals surface area contributed by atoms with Gasteiger partial charge in [0.25, 0.3) is 0 Å². The molecule has 0 fully saturated rings. The zero-order valence-electron chi connectivity index (χ0n) is 13.2. The van der Waals surface area contributed by atoms with Crippen LogP contribution < -0.4 is 5.32 Å². The minimum atomic E-state index is 0.495. The lowest BCUT2D eigenvalue weighted by Gasteiger charge is -2.17. The molecule has 4 heteroatoms. The van der Waals surface area contributed by atoms with E-state index < -0.39 is 0 Å². The van der Waals surface area contributed by atoms with Gasteiger partial charge in [-0.3, -0.25) is 0 Å². The summed E-state index contributed by atoms with van der Waals surface area (Å²) in [6.07, 6.45) is 7.82. The molecule has 21 heavy (non-hydrogen) atoms. The van der Waals surface area contributed by atoms with E-state index in [0.717, 1.165) is 5.56 Å². The number of nitrogens with one attached hydrogen (secondary N) is 1. The van der Waals surface area contributed by atoms with E-state index in [2.05, 4.69) is 48.4 Å². The highest BCUT2D eigenvalue weighted by atomic mass is 16.4. The molecular weight excluding hydrogens is 262 g/mol. The molecule has 1 aromatic carbocycles. The van der Waals surface area contributed by atoms with E-state index in [4.69, 9.17) is 4.42 Å². The van der Waals surface area contributed by atoms with Gasteiger partial charge in [0.15, 0.2) is 0 Å².